The molecule has 2 aromatic rings. The van der Waals surface area contributed by atoms with Crippen LogP contribution in [0.2, 0.25) is 0 Å². The Hall–Kier alpha value is -2.50. The van der Waals surface area contributed by atoms with Gasteiger partial charge in [0, 0.05) is 24.8 Å². The smallest absolute Gasteiger partial charge is 0.333 e. The minimum absolute atomic E-state index is 0.000116. The summed E-state index contributed by atoms with van der Waals surface area (Å²) in [6.45, 7) is 11.2. The number of rotatable bonds is 8. The number of hydrogen-bond acceptors (Lipinski definition) is 6. The monoisotopic (exact) mass is 483 g/mol. The molecular weight excluding hydrogens is 449 g/mol. The summed E-state index contributed by atoms with van der Waals surface area (Å²) in [6.07, 6.45) is -1.08. The number of nitrogens with one attached hydrogen (secondary N) is 2. The van der Waals surface area contributed by atoms with Gasteiger partial charge in [-0.2, -0.15) is 13.5 Å². The van der Waals surface area contributed by atoms with Gasteiger partial charge in [0.15, 0.2) is 5.03 Å². The number of urea groups is 1. The molecule has 1 heterocycles. The van der Waals surface area contributed by atoms with Crippen molar-refractivity contribution in [2.24, 2.45) is 7.05 Å². The van der Waals surface area contributed by atoms with Crippen LogP contribution in [0.3, 0.4) is 0 Å². The molecule has 11 heteroatoms. The number of aliphatic hydroxyl groups excluding tert-OH is 1. The van der Waals surface area contributed by atoms with Gasteiger partial charge in [0.2, 0.25) is 0 Å². The molecule has 3 N–H and O–H groups in total. The van der Waals surface area contributed by atoms with Crippen LogP contribution in [-0.4, -0.2) is 47.3 Å². The molecule has 2 amide bonds. The molecule has 33 heavy (non-hydrogen) atoms. The van der Waals surface area contributed by atoms with E-state index in [1.807, 2.05) is 46.3 Å². The van der Waals surface area contributed by atoms with Gasteiger partial charge in [-0.15, -0.1) is 0 Å². The number of sulfonamides is 1. The van der Waals surface area contributed by atoms with Crippen LogP contribution in [0.25, 0.3) is 0 Å². The van der Waals surface area contributed by atoms with Gasteiger partial charge in [0.1, 0.15) is 12.0 Å². The molecule has 1 aromatic heterocycles. The first-order chi connectivity index (χ1) is 15.2. The minimum Gasteiger partial charge on any atom is -0.372 e. The quantitative estimate of drug-likeness (QED) is 0.494. The maximum atomic E-state index is 14.1. The third-order valence-electron chi connectivity index (χ3n) is 5.51. The Labute approximate surface area is 195 Å². The summed E-state index contributed by atoms with van der Waals surface area (Å²) in [5.41, 5.74) is 1.76. The number of nitrogens with zero attached hydrogens (tertiary/aromatic N) is 3. The Bertz CT molecular complexity index is 1080. The fourth-order valence-corrected chi connectivity index (χ4v) is 4.24. The summed E-state index contributed by atoms with van der Waals surface area (Å²) >= 11 is 0. The second-order valence-corrected chi connectivity index (χ2v) is 10.6. The third-order valence-corrected chi connectivity index (χ3v) is 6.71. The van der Waals surface area contributed by atoms with Crippen LogP contribution in [0, 0.1) is 5.82 Å². The third kappa shape index (κ3) is 6.10. The molecule has 0 aliphatic rings. The lowest BCUT2D eigenvalue weighted by molar-refractivity contribution is -0.00487. The second kappa shape index (κ2) is 10.2. The topological polar surface area (TPSA) is 117 Å². The van der Waals surface area contributed by atoms with Crippen molar-refractivity contribution in [3.8, 4) is 0 Å². The summed E-state index contributed by atoms with van der Waals surface area (Å²) in [4.78, 5) is 14.3. The maximum Gasteiger partial charge on any atom is 0.333 e. The van der Waals surface area contributed by atoms with Crippen molar-refractivity contribution in [1.82, 2.24) is 19.4 Å². The summed E-state index contributed by atoms with van der Waals surface area (Å²) in [6, 6.07) is 2.89. The highest BCUT2D eigenvalue weighted by Crippen LogP contribution is 2.33. The first-order valence-corrected chi connectivity index (χ1v) is 12.2. The number of halogens is 1. The van der Waals surface area contributed by atoms with E-state index in [0.717, 1.165) is 0 Å². The SMILES string of the molecule is CC(C)c1cc(F)cc(C(C)C)c1NC(=O)NS(=O)(=O)c1cc(C(O)N(C)C(C)C)n(C)n1. The van der Waals surface area contributed by atoms with Crippen LogP contribution < -0.4 is 10.0 Å². The lowest BCUT2D eigenvalue weighted by Crippen LogP contribution is -2.35. The van der Waals surface area contributed by atoms with E-state index in [2.05, 4.69) is 10.4 Å². The van der Waals surface area contributed by atoms with Crippen LogP contribution >= 0.6 is 0 Å². The van der Waals surface area contributed by atoms with Gasteiger partial charge in [-0.25, -0.2) is 13.9 Å². The van der Waals surface area contributed by atoms with Crippen molar-refractivity contribution < 1.29 is 22.7 Å². The van der Waals surface area contributed by atoms with E-state index in [4.69, 9.17) is 0 Å². The molecule has 0 radical (unpaired) electrons. The number of aromatic nitrogens is 2. The van der Waals surface area contributed by atoms with E-state index in [9.17, 15) is 22.7 Å². The predicted octanol–water partition coefficient (Wildman–Crippen LogP) is 3.65. The average molecular weight is 484 g/mol. The van der Waals surface area contributed by atoms with Gasteiger partial charge >= 0.3 is 6.03 Å². The van der Waals surface area contributed by atoms with E-state index in [-0.39, 0.29) is 23.6 Å². The molecule has 1 aromatic carbocycles. The normalized spacial score (nSPS) is 13.3. The van der Waals surface area contributed by atoms with Crippen molar-refractivity contribution in [2.45, 2.75) is 70.7 Å². The van der Waals surface area contributed by atoms with Crippen LogP contribution in [0.1, 0.15) is 76.4 Å². The van der Waals surface area contributed by atoms with Crippen molar-refractivity contribution in [1.29, 1.82) is 0 Å². The van der Waals surface area contributed by atoms with Crippen LogP contribution in [-0.2, 0) is 17.1 Å². The van der Waals surface area contributed by atoms with E-state index < -0.39 is 33.1 Å². The van der Waals surface area contributed by atoms with Crippen LogP contribution in [0.4, 0.5) is 14.9 Å². The van der Waals surface area contributed by atoms with Crippen molar-refractivity contribution in [3.05, 3.63) is 40.8 Å². The largest absolute Gasteiger partial charge is 0.372 e. The first-order valence-electron chi connectivity index (χ1n) is 10.8. The first kappa shape index (κ1) is 26.7. The molecule has 0 spiro atoms. The van der Waals surface area contributed by atoms with Crippen LogP contribution in [0.5, 0.6) is 0 Å². The average Bonchev–Trinajstić information content (AvgIpc) is 3.09. The van der Waals surface area contributed by atoms with E-state index in [1.165, 1.54) is 29.9 Å². The fourth-order valence-electron chi connectivity index (χ4n) is 3.34. The Morgan fingerprint density at radius 2 is 1.61 bits per heavy atom. The molecule has 1 unspecified atom stereocenters. The molecule has 2 rings (SSSR count). The molecule has 0 aliphatic heterocycles. The molecule has 0 bridgehead atoms. The minimum atomic E-state index is -4.33. The molecule has 0 fully saturated rings. The van der Waals surface area contributed by atoms with Crippen molar-refractivity contribution in [2.75, 3.05) is 12.4 Å². The van der Waals surface area contributed by atoms with Gasteiger partial charge in [-0.1, -0.05) is 27.7 Å². The van der Waals surface area contributed by atoms with Gasteiger partial charge in [-0.3, -0.25) is 9.58 Å². The Morgan fingerprint density at radius 3 is 2.06 bits per heavy atom. The number of benzene rings is 1. The highest BCUT2D eigenvalue weighted by atomic mass is 32.2. The molecule has 0 saturated heterocycles. The number of anilines is 1. The Kier molecular flexibility index (Phi) is 8.26. The summed E-state index contributed by atoms with van der Waals surface area (Å²) in [5.74, 6) is -0.641. The van der Waals surface area contributed by atoms with Crippen LogP contribution in [0.15, 0.2) is 23.2 Å². The Balaban J connectivity index is 2.33. The molecule has 184 valence electrons. The zero-order valence-corrected chi connectivity index (χ0v) is 21.2. The zero-order valence-electron chi connectivity index (χ0n) is 20.3. The Morgan fingerprint density at radius 1 is 1.09 bits per heavy atom. The summed E-state index contributed by atoms with van der Waals surface area (Å²) < 4.78 is 42.9. The number of carbonyl (C=O) groups excluding carboxylic acids is 1. The second-order valence-electron chi connectivity index (χ2n) is 8.99. The summed E-state index contributed by atoms with van der Waals surface area (Å²) in [7, 11) is -1.13. The number of carbonyl (C=O) groups is 1. The van der Waals surface area contributed by atoms with Gasteiger partial charge < -0.3 is 10.4 Å². The van der Waals surface area contributed by atoms with E-state index in [1.54, 1.807) is 11.9 Å². The highest BCUT2D eigenvalue weighted by molar-refractivity contribution is 7.90. The molecule has 1 atom stereocenters. The van der Waals surface area contributed by atoms with Crippen molar-refractivity contribution in [3.63, 3.8) is 0 Å². The number of aryl methyl sites for hydroxylation is 1. The lowest BCUT2D eigenvalue weighted by atomic mass is 9.92. The zero-order chi connectivity index (χ0) is 25.2. The molecule has 0 aliphatic carbocycles. The fraction of sp³-hybridized carbons (Fsp3) is 0.545. The van der Waals surface area contributed by atoms with E-state index in [0.29, 0.717) is 16.8 Å². The summed E-state index contributed by atoms with van der Waals surface area (Å²) in [5, 5.41) is 16.7. The number of amides is 2. The standard InChI is InChI=1S/C22H34FN5O4S/c1-12(2)16-9-15(23)10-17(13(3)4)20(16)24-22(30)26-33(31,32)19-11-18(28(8)25-19)21(29)27(7)14(5)6/h9-14,21,29H,1-8H3,(H2,24,26,30). The lowest BCUT2D eigenvalue weighted by Gasteiger charge is -2.26. The highest BCUT2D eigenvalue weighted by Gasteiger charge is 2.27. The number of aliphatic hydroxyl groups is 1. The van der Waals surface area contributed by atoms with Gasteiger partial charge in [0.25, 0.3) is 10.0 Å². The predicted molar refractivity (Wildman–Crippen MR) is 125 cm³/mol. The number of hydrogen-bond donors (Lipinski definition) is 3. The van der Waals surface area contributed by atoms with Gasteiger partial charge in [0.05, 0.1) is 5.69 Å². The molecule has 9 nitrogen and oxygen atoms in total. The van der Waals surface area contributed by atoms with E-state index >= 15 is 0 Å². The van der Waals surface area contributed by atoms with Crippen molar-refractivity contribution >= 4 is 21.7 Å². The molecular formula is C22H34FN5O4S. The molecule has 0 saturated carbocycles. The van der Waals surface area contributed by atoms with Gasteiger partial charge in [-0.05, 0) is 56.0 Å². The maximum absolute atomic E-state index is 14.1.